The van der Waals surface area contributed by atoms with Crippen molar-refractivity contribution in [3.8, 4) is 17.2 Å². The number of fused-ring (bicyclic) bond motifs is 1. The average Bonchev–Trinajstić information content (AvgIpc) is 3.28. The fourth-order valence-electron chi connectivity index (χ4n) is 3.58. The molecule has 1 N–H and O–H groups in total. The van der Waals surface area contributed by atoms with E-state index in [0.717, 1.165) is 35.5 Å². The summed E-state index contributed by atoms with van der Waals surface area (Å²) < 4.78 is 16.1. The van der Waals surface area contributed by atoms with E-state index in [1.54, 1.807) is 18.9 Å². The third kappa shape index (κ3) is 6.15. The van der Waals surface area contributed by atoms with Crippen LogP contribution in [-0.2, 0) is 22.6 Å². The number of hydrogen-bond acceptors (Lipinski definition) is 5. The molecule has 0 radical (unpaired) electrons. The van der Waals surface area contributed by atoms with E-state index < -0.39 is 6.04 Å². The molecule has 3 rings (SSSR count). The highest BCUT2D eigenvalue weighted by Gasteiger charge is 2.26. The standard InChI is InChI=1S/C25H32N2O5/c1-4-5-13-26-25(29)18(2)27(16-20-7-6-8-21(14-20)30-3)24(28)12-10-19-9-11-22-23(15-19)32-17-31-22/h6-9,11,14-15,18H,4-5,10,12-13,16-17H2,1-3H3,(H,26,29)/t18-/m1/s1. The van der Waals surface area contributed by atoms with Crippen LogP contribution in [0.5, 0.6) is 17.2 Å². The van der Waals surface area contributed by atoms with Gasteiger partial charge in [0.05, 0.1) is 7.11 Å². The Balaban J connectivity index is 1.70. The zero-order valence-corrected chi connectivity index (χ0v) is 19.1. The van der Waals surface area contributed by atoms with Crippen LogP contribution in [0.3, 0.4) is 0 Å². The van der Waals surface area contributed by atoms with E-state index in [1.165, 1.54) is 0 Å². The number of ether oxygens (including phenoxy) is 3. The molecule has 0 unspecified atom stereocenters. The molecule has 7 nitrogen and oxygen atoms in total. The van der Waals surface area contributed by atoms with E-state index in [4.69, 9.17) is 14.2 Å². The summed E-state index contributed by atoms with van der Waals surface area (Å²) in [7, 11) is 1.61. The smallest absolute Gasteiger partial charge is 0.242 e. The molecule has 32 heavy (non-hydrogen) atoms. The first-order chi connectivity index (χ1) is 15.5. The third-order valence-electron chi connectivity index (χ3n) is 5.55. The summed E-state index contributed by atoms with van der Waals surface area (Å²) in [6.45, 7) is 5.01. The molecular formula is C25H32N2O5. The van der Waals surface area contributed by atoms with E-state index in [0.29, 0.717) is 25.3 Å². The molecule has 172 valence electrons. The van der Waals surface area contributed by atoms with Crippen molar-refractivity contribution >= 4 is 11.8 Å². The van der Waals surface area contributed by atoms with E-state index in [2.05, 4.69) is 12.2 Å². The zero-order chi connectivity index (χ0) is 22.9. The Hall–Kier alpha value is -3.22. The minimum Gasteiger partial charge on any atom is -0.497 e. The summed E-state index contributed by atoms with van der Waals surface area (Å²) in [5, 5.41) is 2.94. The number of hydrogen-bond donors (Lipinski definition) is 1. The van der Waals surface area contributed by atoms with Gasteiger partial charge in [0.25, 0.3) is 0 Å². The SMILES string of the molecule is CCCCNC(=O)[C@@H](C)N(Cc1cccc(OC)c1)C(=O)CCc1ccc2c(c1)OCO2. The van der Waals surface area contributed by atoms with E-state index in [9.17, 15) is 9.59 Å². The van der Waals surface area contributed by atoms with Gasteiger partial charge in [-0.25, -0.2) is 0 Å². The van der Waals surface area contributed by atoms with Gasteiger partial charge in [0, 0.05) is 19.5 Å². The first kappa shape index (κ1) is 23.4. The van der Waals surface area contributed by atoms with Gasteiger partial charge in [-0.1, -0.05) is 31.5 Å². The quantitative estimate of drug-likeness (QED) is 0.539. The van der Waals surface area contributed by atoms with Gasteiger partial charge in [0.15, 0.2) is 11.5 Å². The molecule has 0 saturated carbocycles. The highest BCUT2D eigenvalue weighted by molar-refractivity contribution is 5.87. The van der Waals surface area contributed by atoms with Crippen molar-refractivity contribution in [2.45, 2.75) is 52.1 Å². The van der Waals surface area contributed by atoms with Crippen molar-refractivity contribution in [2.75, 3.05) is 20.4 Å². The number of nitrogens with one attached hydrogen (secondary N) is 1. The largest absolute Gasteiger partial charge is 0.497 e. The van der Waals surface area contributed by atoms with Crippen molar-refractivity contribution in [2.24, 2.45) is 0 Å². The fraction of sp³-hybridized carbons (Fsp3) is 0.440. The Morgan fingerprint density at radius 1 is 1.12 bits per heavy atom. The van der Waals surface area contributed by atoms with Crippen LogP contribution in [-0.4, -0.2) is 43.2 Å². The van der Waals surface area contributed by atoms with Gasteiger partial charge in [-0.15, -0.1) is 0 Å². The molecule has 7 heteroatoms. The van der Waals surface area contributed by atoms with Crippen molar-refractivity contribution < 1.29 is 23.8 Å². The lowest BCUT2D eigenvalue weighted by molar-refractivity contribution is -0.140. The van der Waals surface area contributed by atoms with E-state index in [-0.39, 0.29) is 25.0 Å². The molecule has 2 aromatic carbocycles. The van der Waals surface area contributed by atoms with Gasteiger partial charge in [-0.05, 0) is 55.2 Å². The van der Waals surface area contributed by atoms with Gasteiger partial charge in [0.1, 0.15) is 11.8 Å². The van der Waals surface area contributed by atoms with Gasteiger partial charge in [-0.2, -0.15) is 0 Å². The first-order valence-corrected chi connectivity index (χ1v) is 11.1. The molecule has 0 aromatic heterocycles. The van der Waals surface area contributed by atoms with Crippen LogP contribution in [0.15, 0.2) is 42.5 Å². The number of methoxy groups -OCH3 is 1. The first-order valence-electron chi connectivity index (χ1n) is 11.1. The molecule has 1 aliphatic rings. The Morgan fingerprint density at radius 2 is 1.94 bits per heavy atom. The Labute approximate surface area is 189 Å². The lowest BCUT2D eigenvalue weighted by Crippen LogP contribution is -2.47. The van der Waals surface area contributed by atoms with Crippen LogP contribution in [0.25, 0.3) is 0 Å². The monoisotopic (exact) mass is 440 g/mol. The van der Waals surface area contributed by atoms with Crippen molar-refractivity contribution in [3.63, 3.8) is 0 Å². The summed E-state index contributed by atoms with van der Waals surface area (Å²) in [6.07, 6.45) is 2.74. The normalized spacial score (nSPS) is 12.8. The molecule has 0 fully saturated rings. The second-order valence-corrected chi connectivity index (χ2v) is 7.88. The van der Waals surface area contributed by atoms with E-state index in [1.807, 2.05) is 42.5 Å². The fourth-order valence-corrected chi connectivity index (χ4v) is 3.58. The molecule has 0 saturated heterocycles. The number of carbonyl (C=O) groups excluding carboxylic acids is 2. The Morgan fingerprint density at radius 3 is 2.72 bits per heavy atom. The number of rotatable bonds is 11. The summed E-state index contributed by atoms with van der Waals surface area (Å²) in [5.74, 6) is 1.92. The molecular weight excluding hydrogens is 408 g/mol. The number of amides is 2. The Kier molecular flexibility index (Phi) is 8.36. The van der Waals surface area contributed by atoms with Crippen LogP contribution in [0.2, 0.25) is 0 Å². The predicted octanol–water partition coefficient (Wildman–Crippen LogP) is 3.69. The predicted molar refractivity (Wildman–Crippen MR) is 122 cm³/mol. The lowest BCUT2D eigenvalue weighted by Gasteiger charge is -2.29. The zero-order valence-electron chi connectivity index (χ0n) is 19.1. The topological polar surface area (TPSA) is 77.1 Å². The number of unbranched alkanes of at least 4 members (excludes halogenated alkanes) is 1. The van der Waals surface area contributed by atoms with Crippen LogP contribution >= 0.6 is 0 Å². The summed E-state index contributed by atoms with van der Waals surface area (Å²) in [4.78, 5) is 27.6. The number of carbonyl (C=O) groups is 2. The minimum atomic E-state index is -0.581. The van der Waals surface area contributed by atoms with Gasteiger partial charge >= 0.3 is 0 Å². The van der Waals surface area contributed by atoms with Gasteiger partial charge in [-0.3, -0.25) is 9.59 Å². The third-order valence-corrected chi connectivity index (χ3v) is 5.55. The van der Waals surface area contributed by atoms with Crippen LogP contribution < -0.4 is 19.5 Å². The number of nitrogens with zero attached hydrogens (tertiary/aromatic N) is 1. The molecule has 1 aliphatic heterocycles. The summed E-state index contributed by atoms with van der Waals surface area (Å²) >= 11 is 0. The van der Waals surface area contributed by atoms with Crippen LogP contribution in [0.1, 0.15) is 44.2 Å². The average molecular weight is 441 g/mol. The maximum atomic E-state index is 13.2. The van der Waals surface area contributed by atoms with Crippen molar-refractivity contribution in [1.29, 1.82) is 0 Å². The highest BCUT2D eigenvalue weighted by Crippen LogP contribution is 2.32. The van der Waals surface area contributed by atoms with Gasteiger partial charge < -0.3 is 24.4 Å². The van der Waals surface area contributed by atoms with Crippen molar-refractivity contribution in [1.82, 2.24) is 10.2 Å². The van der Waals surface area contributed by atoms with Gasteiger partial charge in [0.2, 0.25) is 18.6 Å². The second kappa shape index (κ2) is 11.4. The molecule has 1 heterocycles. The number of benzene rings is 2. The molecule has 0 aliphatic carbocycles. The molecule has 2 aromatic rings. The second-order valence-electron chi connectivity index (χ2n) is 7.88. The summed E-state index contributed by atoms with van der Waals surface area (Å²) in [5.41, 5.74) is 1.90. The van der Waals surface area contributed by atoms with Crippen LogP contribution in [0.4, 0.5) is 0 Å². The molecule has 2 amide bonds. The molecule has 0 spiro atoms. The summed E-state index contributed by atoms with van der Waals surface area (Å²) in [6, 6.07) is 12.7. The van der Waals surface area contributed by atoms with Crippen LogP contribution in [0, 0.1) is 0 Å². The minimum absolute atomic E-state index is 0.0800. The van der Waals surface area contributed by atoms with E-state index >= 15 is 0 Å². The van der Waals surface area contributed by atoms with Crippen molar-refractivity contribution in [3.05, 3.63) is 53.6 Å². The molecule has 0 bridgehead atoms. The highest BCUT2D eigenvalue weighted by atomic mass is 16.7. The Bertz CT molecular complexity index is 930. The lowest BCUT2D eigenvalue weighted by atomic mass is 10.1. The maximum absolute atomic E-state index is 13.2. The molecule has 1 atom stereocenters. The maximum Gasteiger partial charge on any atom is 0.242 e. The number of aryl methyl sites for hydroxylation is 1.